The number of carboxylic acid groups (broad SMARTS) is 1. The van der Waals surface area contributed by atoms with Crippen LogP contribution in [0.4, 0.5) is 5.00 Å². The van der Waals surface area contributed by atoms with Crippen LogP contribution in [0, 0.1) is 5.92 Å². The number of nitrogens with one attached hydrogen (secondary N) is 1. The molecule has 0 fully saturated rings. The number of nitrogens with two attached hydrogens (primary N) is 1. The van der Waals surface area contributed by atoms with E-state index >= 15 is 0 Å². The Morgan fingerprint density at radius 2 is 2.09 bits per heavy atom. The fourth-order valence-corrected chi connectivity index (χ4v) is 4.11. The molecule has 7 heteroatoms. The van der Waals surface area contributed by atoms with Gasteiger partial charge in [-0.15, -0.1) is 11.3 Å². The van der Waals surface area contributed by atoms with Gasteiger partial charge in [-0.2, -0.15) is 0 Å². The Labute approximate surface area is 132 Å². The van der Waals surface area contributed by atoms with Gasteiger partial charge in [-0.1, -0.05) is 13.8 Å². The van der Waals surface area contributed by atoms with E-state index in [9.17, 15) is 19.5 Å². The van der Waals surface area contributed by atoms with Crippen LogP contribution < -0.4 is 11.1 Å². The summed E-state index contributed by atoms with van der Waals surface area (Å²) in [7, 11) is 0. The molecule has 1 heterocycles. The van der Waals surface area contributed by atoms with Crippen LogP contribution in [-0.2, 0) is 16.0 Å². The minimum Gasteiger partial charge on any atom is -0.481 e. The third kappa shape index (κ3) is 3.30. The van der Waals surface area contributed by atoms with Gasteiger partial charge in [0, 0.05) is 11.3 Å². The van der Waals surface area contributed by atoms with Gasteiger partial charge in [0.15, 0.2) is 0 Å². The minimum atomic E-state index is -0.957. The summed E-state index contributed by atoms with van der Waals surface area (Å²) in [4.78, 5) is 36.0. The fraction of sp³-hybridized carbons (Fsp3) is 0.533. The number of hydrogen-bond donors (Lipinski definition) is 3. The lowest BCUT2D eigenvalue weighted by Crippen LogP contribution is -2.23. The summed E-state index contributed by atoms with van der Waals surface area (Å²) in [5, 5.41) is 12.5. The summed E-state index contributed by atoms with van der Waals surface area (Å²) in [6, 6.07) is 0. The second kappa shape index (κ2) is 6.48. The number of carboxylic acids is 1. The van der Waals surface area contributed by atoms with Gasteiger partial charge in [-0.05, 0) is 30.7 Å². The molecule has 0 spiro atoms. The molecule has 2 rings (SSSR count). The molecule has 0 bridgehead atoms. The number of aliphatic carboxylic acids is 1. The van der Waals surface area contributed by atoms with Gasteiger partial charge in [-0.25, -0.2) is 0 Å². The molecule has 4 N–H and O–H groups in total. The largest absolute Gasteiger partial charge is 0.481 e. The number of aryl methyl sites for hydroxylation is 1. The van der Waals surface area contributed by atoms with E-state index in [-0.39, 0.29) is 17.4 Å². The van der Waals surface area contributed by atoms with Crippen molar-refractivity contribution in [3.8, 4) is 0 Å². The zero-order chi connectivity index (χ0) is 16.4. The Kier molecular flexibility index (Phi) is 4.85. The van der Waals surface area contributed by atoms with Gasteiger partial charge in [-0.3, -0.25) is 14.4 Å². The van der Waals surface area contributed by atoms with Crippen molar-refractivity contribution < 1.29 is 19.5 Å². The summed E-state index contributed by atoms with van der Waals surface area (Å²) < 4.78 is 0. The molecule has 6 nitrogen and oxygen atoms in total. The molecular formula is C15H20N2O4S. The van der Waals surface area contributed by atoms with E-state index in [0.717, 1.165) is 11.3 Å². The molecule has 22 heavy (non-hydrogen) atoms. The maximum Gasteiger partial charge on any atom is 0.311 e. The SMILES string of the molecule is CC(C)CC(=O)Nc1sc2c(c1C(N)=O)C(C(=O)O)CCC2. The van der Waals surface area contributed by atoms with Crippen molar-refractivity contribution in [2.24, 2.45) is 11.7 Å². The predicted molar refractivity (Wildman–Crippen MR) is 84.2 cm³/mol. The molecular weight excluding hydrogens is 304 g/mol. The Morgan fingerprint density at radius 1 is 1.41 bits per heavy atom. The molecule has 1 aromatic rings. The first-order valence-electron chi connectivity index (χ1n) is 7.29. The van der Waals surface area contributed by atoms with Crippen molar-refractivity contribution in [2.75, 3.05) is 5.32 Å². The van der Waals surface area contributed by atoms with Crippen LogP contribution in [0.15, 0.2) is 0 Å². The lowest BCUT2D eigenvalue weighted by molar-refractivity contribution is -0.139. The highest BCUT2D eigenvalue weighted by Crippen LogP contribution is 2.43. The topological polar surface area (TPSA) is 109 Å². The smallest absolute Gasteiger partial charge is 0.311 e. The number of carbonyl (C=O) groups is 3. The monoisotopic (exact) mass is 324 g/mol. The molecule has 0 aliphatic heterocycles. The highest BCUT2D eigenvalue weighted by Gasteiger charge is 2.34. The van der Waals surface area contributed by atoms with Gasteiger partial charge in [0.25, 0.3) is 5.91 Å². The van der Waals surface area contributed by atoms with E-state index in [2.05, 4.69) is 5.32 Å². The summed E-state index contributed by atoms with van der Waals surface area (Å²) >= 11 is 1.27. The van der Waals surface area contributed by atoms with Crippen molar-refractivity contribution in [3.63, 3.8) is 0 Å². The standard InChI is InChI=1S/C15H20N2O4S/c1-7(2)6-10(18)17-14-12(13(16)19)11-8(15(20)21)4-3-5-9(11)22-14/h7-8H,3-6H2,1-2H3,(H2,16,19)(H,17,18)(H,20,21). The quantitative estimate of drug-likeness (QED) is 0.772. The van der Waals surface area contributed by atoms with Gasteiger partial charge in [0.1, 0.15) is 5.00 Å². The number of fused-ring (bicyclic) bond motifs is 1. The maximum absolute atomic E-state index is 12.0. The number of hydrogen-bond acceptors (Lipinski definition) is 4. The van der Waals surface area contributed by atoms with Gasteiger partial charge in [0.05, 0.1) is 11.5 Å². The predicted octanol–water partition coefficient (Wildman–Crippen LogP) is 2.34. The zero-order valence-electron chi connectivity index (χ0n) is 12.6. The first-order chi connectivity index (χ1) is 10.3. The van der Waals surface area contributed by atoms with E-state index in [4.69, 9.17) is 5.73 Å². The third-order valence-corrected chi connectivity index (χ3v) is 4.84. The molecule has 0 aromatic carbocycles. The van der Waals surface area contributed by atoms with Crippen LogP contribution in [-0.4, -0.2) is 22.9 Å². The zero-order valence-corrected chi connectivity index (χ0v) is 13.5. The van der Waals surface area contributed by atoms with E-state index in [0.29, 0.717) is 29.8 Å². The van der Waals surface area contributed by atoms with Crippen LogP contribution in [0.3, 0.4) is 0 Å². The van der Waals surface area contributed by atoms with Gasteiger partial charge < -0.3 is 16.2 Å². The third-order valence-electron chi connectivity index (χ3n) is 3.66. The Balaban J connectivity index is 2.42. The minimum absolute atomic E-state index is 0.171. The average Bonchev–Trinajstić information content (AvgIpc) is 2.74. The van der Waals surface area contributed by atoms with Crippen LogP contribution >= 0.6 is 11.3 Å². The number of carbonyl (C=O) groups excluding carboxylic acids is 2. The van der Waals surface area contributed by atoms with Crippen molar-refractivity contribution in [2.45, 2.75) is 45.4 Å². The second-order valence-electron chi connectivity index (χ2n) is 5.94. The molecule has 0 radical (unpaired) electrons. The van der Waals surface area contributed by atoms with E-state index < -0.39 is 17.8 Å². The number of primary amides is 1. The lowest BCUT2D eigenvalue weighted by Gasteiger charge is -2.19. The van der Waals surface area contributed by atoms with E-state index in [1.165, 1.54) is 11.3 Å². The molecule has 0 saturated carbocycles. The van der Waals surface area contributed by atoms with Crippen molar-refractivity contribution >= 4 is 34.1 Å². The van der Waals surface area contributed by atoms with Crippen LogP contribution in [0.25, 0.3) is 0 Å². The highest BCUT2D eigenvalue weighted by molar-refractivity contribution is 7.17. The molecule has 120 valence electrons. The number of amides is 2. The Morgan fingerprint density at radius 3 is 2.64 bits per heavy atom. The van der Waals surface area contributed by atoms with Gasteiger partial charge in [0.2, 0.25) is 5.91 Å². The molecule has 1 atom stereocenters. The van der Waals surface area contributed by atoms with E-state index in [1.54, 1.807) is 0 Å². The van der Waals surface area contributed by atoms with Crippen molar-refractivity contribution in [3.05, 3.63) is 16.0 Å². The molecule has 2 amide bonds. The van der Waals surface area contributed by atoms with Crippen molar-refractivity contribution in [1.29, 1.82) is 0 Å². The van der Waals surface area contributed by atoms with Crippen LogP contribution in [0.1, 0.15) is 59.8 Å². The molecule has 0 saturated heterocycles. The highest BCUT2D eigenvalue weighted by atomic mass is 32.1. The van der Waals surface area contributed by atoms with E-state index in [1.807, 2.05) is 13.8 Å². The summed E-state index contributed by atoms with van der Waals surface area (Å²) in [6.07, 6.45) is 2.29. The van der Waals surface area contributed by atoms with Crippen LogP contribution in [0.5, 0.6) is 0 Å². The van der Waals surface area contributed by atoms with Gasteiger partial charge >= 0.3 is 5.97 Å². The molecule has 1 aliphatic rings. The van der Waals surface area contributed by atoms with Crippen molar-refractivity contribution in [1.82, 2.24) is 0 Å². The number of anilines is 1. The lowest BCUT2D eigenvalue weighted by atomic mass is 9.85. The van der Waals surface area contributed by atoms with Crippen LogP contribution in [0.2, 0.25) is 0 Å². The molecule has 1 aliphatic carbocycles. The Bertz CT molecular complexity index is 621. The average molecular weight is 324 g/mol. The normalized spacial score (nSPS) is 17.1. The molecule has 1 aromatic heterocycles. The summed E-state index contributed by atoms with van der Waals surface area (Å²) in [6.45, 7) is 3.85. The fourth-order valence-electron chi connectivity index (χ4n) is 2.78. The second-order valence-corrected chi connectivity index (χ2v) is 7.04. The number of thiophene rings is 1. The summed E-state index contributed by atoms with van der Waals surface area (Å²) in [5.41, 5.74) is 6.11. The first kappa shape index (κ1) is 16.5. The summed E-state index contributed by atoms with van der Waals surface area (Å²) in [5.74, 6) is -2.37. The maximum atomic E-state index is 12.0. The molecule has 1 unspecified atom stereocenters. The first-order valence-corrected chi connectivity index (χ1v) is 8.11. The Hall–Kier alpha value is -1.89. The number of rotatable bonds is 5.